The first-order chi connectivity index (χ1) is 12.1. The second-order valence-corrected chi connectivity index (χ2v) is 6.95. The predicted octanol–water partition coefficient (Wildman–Crippen LogP) is 4.24. The standard InChI is InChI=1S/C20H20INO3/c1-24-18-12-16(17(21)13-19(18)25-2)20(23)22-10-8-15(9-11-22)14-6-4-3-5-7-14/h3-8,12-13H,9-11H2,1-2H3. The summed E-state index contributed by atoms with van der Waals surface area (Å²) in [7, 11) is 3.17. The number of hydrogen-bond acceptors (Lipinski definition) is 3. The molecule has 3 rings (SSSR count). The van der Waals surface area contributed by atoms with Gasteiger partial charge >= 0.3 is 0 Å². The Bertz CT molecular complexity index is 802. The molecule has 5 heteroatoms. The highest BCUT2D eigenvalue weighted by molar-refractivity contribution is 14.1. The van der Waals surface area contributed by atoms with Gasteiger partial charge in [0.05, 0.1) is 19.8 Å². The van der Waals surface area contributed by atoms with Crippen LogP contribution in [-0.4, -0.2) is 38.1 Å². The van der Waals surface area contributed by atoms with E-state index in [4.69, 9.17) is 9.47 Å². The molecule has 25 heavy (non-hydrogen) atoms. The fourth-order valence-corrected chi connectivity index (χ4v) is 3.63. The van der Waals surface area contributed by atoms with Crippen LogP contribution in [0, 0.1) is 3.57 Å². The molecule has 0 saturated heterocycles. The molecule has 0 saturated carbocycles. The number of benzene rings is 2. The van der Waals surface area contributed by atoms with Crippen molar-refractivity contribution in [1.29, 1.82) is 0 Å². The summed E-state index contributed by atoms with van der Waals surface area (Å²) in [5, 5.41) is 0. The fraction of sp³-hybridized carbons (Fsp3) is 0.250. The Morgan fingerprint density at radius 3 is 2.36 bits per heavy atom. The van der Waals surface area contributed by atoms with Crippen molar-refractivity contribution in [2.75, 3.05) is 27.3 Å². The first-order valence-electron chi connectivity index (χ1n) is 8.09. The lowest BCUT2D eigenvalue weighted by Gasteiger charge is -2.27. The normalized spacial score (nSPS) is 14.0. The van der Waals surface area contributed by atoms with Crippen LogP contribution in [-0.2, 0) is 0 Å². The summed E-state index contributed by atoms with van der Waals surface area (Å²) in [6.45, 7) is 1.33. The fourth-order valence-electron chi connectivity index (χ4n) is 2.96. The van der Waals surface area contributed by atoms with E-state index < -0.39 is 0 Å². The molecule has 2 aromatic carbocycles. The van der Waals surface area contributed by atoms with Gasteiger partial charge in [-0.2, -0.15) is 0 Å². The Balaban J connectivity index is 1.80. The molecule has 0 radical (unpaired) electrons. The Morgan fingerprint density at radius 2 is 1.76 bits per heavy atom. The minimum absolute atomic E-state index is 0.0220. The van der Waals surface area contributed by atoms with Crippen LogP contribution in [0.2, 0.25) is 0 Å². The van der Waals surface area contributed by atoms with Crippen LogP contribution in [0.4, 0.5) is 0 Å². The van der Waals surface area contributed by atoms with Crippen LogP contribution in [0.25, 0.3) is 5.57 Å². The second-order valence-electron chi connectivity index (χ2n) is 5.78. The zero-order valence-electron chi connectivity index (χ0n) is 14.3. The van der Waals surface area contributed by atoms with Crippen molar-refractivity contribution in [1.82, 2.24) is 4.90 Å². The molecule has 1 aliphatic heterocycles. The number of halogens is 1. The maximum absolute atomic E-state index is 12.9. The first kappa shape index (κ1) is 17.8. The maximum Gasteiger partial charge on any atom is 0.255 e. The third-order valence-corrected chi connectivity index (χ3v) is 5.24. The highest BCUT2D eigenvalue weighted by atomic mass is 127. The zero-order valence-corrected chi connectivity index (χ0v) is 16.4. The maximum atomic E-state index is 12.9. The van der Waals surface area contributed by atoms with Crippen molar-refractivity contribution in [3.8, 4) is 11.5 Å². The molecule has 1 amide bonds. The molecule has 0 aromatic heterocycles. The Labute approximate surface area is 161 Å². The molecule has 0 unspecified atom stereocenters. The van der Waals surface area contributed by atoms with Crippen molar-refractivity contribution in [2.45, 2.75) is 6.42 Å². The van der Waals surface area contributed by atoms with Crippen LogP contribution in [0.5, 0.6) is 11.5 Å². The van der Waals surface area contributed by atoms with E-state index in [1.807, 2.05) is 29.2 Å². The van der Waals surface area contributed by atoms with Crippen LogP contribution in [0.15, 0.2) is 48.5 Å². The number of methoxy groups -OCH3 is 2. The van der Waals surface area contributed by atoms with Crippen molar-refractivity contribution in [3.63, 3.8) is 0 Å². The quantitative estimate of drug-likeness (QED) is 0.656. The summed E-state index contributed by atoms with van der Waals surface area (Å²) >= 11 is 2.17. The van der Waals surface area contributed by atoms with Gasteiger partial charge in [0, 0.05) is 16.7 Å². The number of nitrogens with zero attached hydrogens (tertiary/aromatic N) is 1. The van der Waals surface area contributed by atoms with Gasteiger partial charge in [-0.1, -0.05) is 36.4 Å². The molecule has 1 aliphatic rings. The molecule has 4 nitrogen and oxygen atoms in total. The summed E-state index contributed by atoms with van der Waals surface area (Å²) in [5.41, 5.74) is 3.18. The highest BCUT2D eigenvalue weighted by Gasteiger charge is 2.23. The van der Waals surface area contributed by atoms with E-state index in [0.29, 0.717) is 30.2 Å². The van der Waals surface area contributed by atoms with Crippen molar-refractivity contribution >= 4 is 34.1 Å². The van der Waals surface area contributed by atoms with Gasteiger partial charge in [-0.15, -0.1) is 0 Å². The van der Waals surface area contributed by atoms with E-state index >= 15 is 0 Å². The Hall–Kier alpha value is -2.02. The third kappa shape index (κ3) is 3.81. The average Bonchev–Trinajstić information content (AvgIpc) is 2.68. The van der Waals surface area contributed by atoms with Gasteiger partial charge in [0.2, 0.25) is 0 Å². The number of carbonyl (C=O) groups excluding carboxylic acids is 1. The lowest BCUT2D eigenvalue weighted by Crippen LogP contribution is -2.35. The number of ether oxygens (including phenoxy) is 2. The zero-order chi connectivity index (χ0) is 17.8. The van der Waals surface area contributed by atoms with Crippen molar-refractivity contribution in [2.24, 2.45) is 0 Å². The van der Waals surface area contributed by atoms with Crippen LogP contribution >= 0.6 is 22.6 Å². The third-order valence-electron chi connectivity index (χ3n) is 4.34. The monoisotopic (exact) mass is 449 g/mol. The summed E-state index contributed by atoms with van der Waals surface area (Å²) < 4.78 is 11.5. The lowest BCUT2D eigenvalue weighted by atomic mass is 9.99. The molecule has 1 heterocycles. The van der Waals surface area contributed by atoms with E-state index in [0.717, 1.165) is 9.99 Å². The van der Waals surface area contributed by atoms with Gasteiger partial charge in [-0.05, 0) is 52.3 Å². The largest absolute Gasteiger partial charge is 0.493 e. The van der Waals surface area contributed by atoms with Gasteiger partial charge in [0.15, 0.2) is 11.5 Å². The number of rotatable bonds is 4. The van der Waals surface area contributed by atoms with Crippen molar-refractivity contribution in [3.05, 3.63) is 63.2 Å². The predicted molar refractivity (Wildman–Crippen MR) is 107 cm³/mol. The molecular weight excluding hydrogens is 429 g/mol. The highest BCUT2D eigenvalue weighted by Crippen LogP contribution is 2.32. The molecular formula is C20H20INO3. The summed E-state index contributed by atoms with van der Waals surface area (Å²) in [5.74, 6) is 1.23. The average molecular weight is 449 g/mol. The van der Waals surface area contributed by atoms with E-state index in [2.05, 4.69) is 40.8 Å². The van der Waals surface area contributed by atoms with Crippen LogP contribution in [0.3, 0.4) is 0 Å². The SMILES string of the molecule is COc1cc(I)c(C(=O)N2CC=C(c3ccccc3)CC2)cc1OC. The van der Waals surface area contributed by atoms with Gasteiger partial charge in [-0.25, -0.2) is 0 Å². The second kappa shape index (κ2) is 7.91. The lowest BCUT2D eigenvalue weighted by molar-refractivity contribution is 0.0771. The molecule has 0 atom stereocenters. The summed E-state index contributed by atoms with van der Waals surface area (Å²) in [6, 6.07) is 13.9. The first-order valence-corrected chi connectivity index (χ1v) is 9.17. The van der Waals surface area contributed by atoms with E-state index in [1.54, 1.807) is 20.3 Å². The minimum Gasteiger partial charge on any atom is -0.493 e. The molecule has 0 fully saturated rings. The Morgan fingerprint density at radius 1 is 1.08 bits per heavy atom. The van der Waals surface area contributed by atoms with Gasteiger partial charge in [0.1, 0.15) is 0 Å². The molecule has 0 spiro atoms. The number of amides is 1. The molecule has 0 N–H and O–H groups in total. The molecule has 2 aromatic rings. The van der Waals surface area contributed by atoms with E-state index in [9.17, 15) is 4.79 Å². The van der Waals surface area contributed by atoms with Gasteiger partial charge < -0.3 is 14.4 Å². The smallest absolute Gasteiger partial charge is 0.255 e. The van der Waals surface area contributed by atoms with Gasteiger partial charge in [0.25, 0.3) is 5.91 Å². The summed E-state index contributed by atoms with van der Waals surface area (Å²) in [4.78, 5) is 14.8. The Kier molecular flexibility index (Phi) is 5.63. The summed E-state index contributed by atoms with van der Waals surface area (Å²) in [6.07, 6.45) is 3.00. The topological polar surface area (TPSA) is 38.8 Å². The van der Waals surface area contributed by atoms with Crippen LogP contribution < -0.4 is 9.47 Å². The van der Waals surface area contributed by atoms with E-state index in [-0.39, 0.29) is 5.91 Å². The van der Waals surface area contributed by atoms with Crippen molar-refractivity contribution < 1.29 is 14.3 Å². The molecule has 0 aliphatic carbocycles. The molecule has 130 valence electrons. The van der Waals surface area contributed by atoms with Gasteiger partial charge in [-0.3, -0.25) is 4.79 Å². The van der Waals surface area contributed by atoms with E-state index in [1.165, 1.54) is 11.1 Å². The molecule has 0 bridgehead atoms. The minimum atomic E-state index is 0.0220. The number of hydrogen-bond donors (Lipinski definition) is 0. The number of carbonyl (C=O) groups is 1. The van der Waals surface area contributed by atoms with Crippen LogP contribution in [0.1, 0.15) is 22.3 Å².